The van der Waals surface area contributed by atoms with Gasteiger partial charge in [0.1, 0.15) is 5.60 Å². The van der Waals surface area contributed by atoms with Gasteiger partial charge in [0, 0.05) is 38.5 Å². The lowest BCUT2D eigenvalue weighted by Gasteiger charge is -2.38. The Morgan fingerprint density at radius 1 is 1.07 bits per heavy atom. The molecule has 8 heteroatoms. The van der Waals surface area contributed by atoms with Gasteiger partial charge in [0.2, 0.25) is 11.8 Å². The van der Waals surface area contributed by atoms with Crippen molar-refractivity contribution < 1.29 is 18.8 Å². The summed E-state index contributed by atoms with van der Waals surface area (Å²) < 4.78 is 10.9. The van der Waals surface area contributed by atoms with E-state index < -0.39 is 5.60 Å². The summed E-state index contributed by atoms with van der Waals surface area (Å²) >= 11 is 0. The zero-order valence-electron chi connectivity index (χ0n) is 18.4. The molecule has 0 unspecified atom stereocenters. The van der Waals surface area contributed by atoms with Gasteiger partial charge in [-0.15, -0.1) is 0 Å². The van der Waals surface area contributed by atoms with Crippen LogP contribution in [0.2, 0.25) is 0 Å². The van der Waals surface area contributed by atoms with Crippen molar-refractivity contribution in [2.24, 2.45) is 11.8 Å². The SMILES string of the molecule is CC(C)(C)OC(=O)N1CCC[C@H](C(=O)N2CCC[C@@H](Cc3nc(C4CC4)no3)C2)C1. The van der Waals surface area contributed by atoms with E-state index in [-0.39, 0.29) is 17.9 Å². The van der Waals surface area contributed by atoms with Gasteiger partial charge in [0.25, 0.3) is 0 Å². The van der Waals surface area contributed by atoms with Crippen LogP contribution in [0.5, 0.6) is 0 Å². The molecule has 3 fully saturated rings. The van der Waals surface area contributed by atoms with Crippen LogP contribution in [0, 0.1) is 11.8 Å². The first-order valence-corrected chi connectivity index (χ1v) is 11.4. The van der Waals surface area contributed by atoms with Crippen LogP contribution in [0.4, 0.5) is 4.79 Å². The van der Waals surface area contributed by atoms with Crippen molar-refractivity contribution in [3.63, 3.8) is 0 Å². The van der Waals surface area contributed by atoms with Crippen LogP contribution >= 0.6 is 0 Å². The summed E-state index contributed by atoms with van der Waals surface area (Å²) in [4.78, 5) is 33.8. The predicted molar refractivity (Wildman–Crippen MR) is 110 cm³/mol. The third-order valence-corrected chi connectivity index (χ3v) is 6.14. The molecule has 0 radical (unpaired) electrons. The minimum absolute atomic E-state index is 0.144. The molecule has 0 aromatic carbocycles. The molecule has 0 N–H and O–H groups in total. The molecule has 3 aliphatic rings. The van der Waals surface area contributed by atoms with Gasteiger partial charge in [-0.1, -0.05) is 5.16 Å². The fourth-order valence-electron chi connectivity index (χ4n) is 4.47. The van der Waals surface area contributed by atoms with Crippen molar-refractivity contribution in [1.82, 2.24) is 19.9 Å². The molecule has 4 rings (SSSR count). The molecule has 2 saturated heterocycles. The largest absolute Gasteiger partial charge is 0.444 e. The average Bonchev–Trinajstić information content (AvgIpc) is 3.46. The van der Waals surface area contributed by atoms with Crippen molar-refractivity contribution in [2.75, 3.05) is 26.2 Å². The Morgan fingerprint density at radius 3 is 2.53 bits per heavy atom. The van der Waals surface area contributed by atoms with Gasteiger partial charge in [-0.25, -0.2) is 4.79 Å². The number of likely N-dealkylation sites (tertiary alicyclic amines) is 2. The molecule has 1 saturated carbocycles. The van der Waals surface area contributed by atoms with Crippen molar-refractivity contribution in [3.05, 3.63) is 11.7 Å². The van der Waals surface area contributed by atoms with Gasteiger partial charge >= 0.3 is 6.09 Å². The number of hydrogen-bond acceptors (Lipinski definition) is 6. The molecular formula is C22H34N4O4. The van der Waals surface area contributed by atoms with Gasteiger partial charge in [0.15, 0.2) is 5.82 Å². The highest BCUT2D eigenvalue weighted by Crippen LogP contribution is 2.38. The molecule has 2 atom stereocenters. The molecule has 2 amide bonds. The Kier molecular flexibility index (Phi) is 6.02. The van der Waals surface area contributed by atoms with Gasteiger partial charge in [0.05, 0.1) is 5.92 Å². The van der Waals surface area contributed by atoms with E-state index in [1.807, 2.05) is 25.7 Å². The summed E-state index contributed by atoms with van der Waals surface area (Å²) in [5, 5.41) is 4.11. The maximum absolute atomic E-state index is 13.2. The number of hydrogen-bond donors (Lipinski definition) is 0. The Hall–Kier alpha value is -2.12. The minimum atomic E-state index is -0.526. The minimum Gasteiger partial charge on any atom is -0.444 e. The number of piperidine rings is 2. The lowest BCUT2D eigenvalue weighted by atomic mass is 9.91. The first-order chi connectivity index (χ1) is 14.3. The highest BCUT2D eigenvalue weighted by atomic mass is 16.6. The van der Waals surface area contributed by atoms with Crippen LogP contribution in [0.15, 0.2) is 4.52 Å². The summed E-state index contributed by atoms with van der Waals surface area (Å²) in [5.41, 5.74) is -0.526. The molecule has 1 aliphatic carbocycles. The Bertz CT molecular complexity index is 767. The molecule has 1 aromatic rings. The Morgan fingerprint density at radius 2 is 1.80 bits per heavy atom. The lowest BCUT2D eigenvalue weighted by Crippen LogP contribution is -2.50. The molecule has 0 bridgehead atoms. The molecular weight excluding hydrogens is 384 g/mol. The molecule has 8 nitrogen and oxygen atoms in total. The summed E-state index contributed by atoms with van der Waals surface area (Å²) in [7, 11) is 0. The summed E-state index contributed by atoms with van der Waals surface area (Å²) in [6.07, 6.45) is 6.45. The van der Waals surface area contributed by atoms with Gasteiger partial charge < -0.3 is 19.1 Å². The van der Waals surface area contributed by atoms with Crippen molar-refractivity contribution >= 4 is 12.0 Å². The number of carbonyl (C=O) groups excluding carboxylic acids is 2. The van der Waals surface area contributed by atoms with Gasteiger partial charge in [-0.2, -0.15) is 4.98 Å². The number of aromatic nitrogens is 2. The number of carbonyl (C=O) groups is 2. The number of rotatable bonds is 4. The van der Waals surface area contributed by atoms with Crippen LogP contribution in [0.25, 0.3) is 0 Å². The second-order valence-corrected chi connectivity index (χ2v) is 10.1. The van der Waals surface area contributed by atoms with Crippen molar-refractivity contribution in [3.8, 4) is 0 Å². The van der Waals surface area contributed by atoms with Crippen LogP contribution in [-0.2, 0) is 16.0 Å². The fourth-order valence-corrected chi connectivity index (χ4v) is 4.47. The highest BCUT2D eigenvalue weighted by molar-refractivity contribution is 5.80. The number of nitrogens with zero attached hydrogens (tertiary/aromatic N) is 4. The topological polar surface area (TPSA) is 88.8 Å². The van der Waals surface area contributed by atoms with Crippen molar-refractivity contribution in [1.29, 1.82) is 0 Å². The number of ether oxygens (including phenoxy) is 1. The third-order valence-electron chi connectivity index (χ3n) is 6.14. The van der Waals surface area contributed by atoms with Gasteiger partial charge in [-0.05, 0) is 65.2 Å². The molecule has 0 spiro atoms. The second kappa shape index (κ2) is 8.55. The Balaban J connectivity index is 1.31. The molecule has 166 valence electrons. The summed E-state index contributed by atoms with van der Waals surface area (Å²) in [6, 6.07) is 0. The van der Waals surface area contributed by atoms with E-state index in [1.165, 1.54) is 0 Å². The first kappa shape index (κ1) is 21.1. The second-order valence-electron chi connectivity index (χ2n) is 10.1. The van der Waals surface area contributed by atoms with Gasteiger partial charge in [-0.3, -0.25) is 4.79 Å². The standard InChI is InChI=1S/C22H34N4O4/c1-22(2,3)29-21(28)26-11-5-7-17(14-26)20(27)25-10-4-6-15(13-25)12-18-23-19(24-30-18)16-8-9-16/h15-17H,4-14H2,1-3H3/t15-,17-/m0/s1. The van der Waals surface area contributed by atoms with Crippen LogP contribution in [0.1, 0.15) is 76.9 Å². The van der Waals surface area contributed by atoms with Crippen LogP contribution < -0.4 is 0 Å². The maximum Gasteiger partial charge on any atom is 0.410 e. The van der Waals surface area contributed by atoms with Crippen molar-refractivity contribution in [2.45, 2.75) is 77.2 Å². The van der Waals surface area contributed by atoms with E-state index in [1.54, 1.807) is 4.90 Å². The highest BCUT2D eigenvalue weighted by Gasteiger charge is 2.35. The van der Waals surface area contributed by atoms with Crippen LogP contribution in [0.3, 0.4) is 0 Å². The third kappa shape index (κ3) is 5.32. The first-order valence-electron chi connectivity index (χ1n) is 11.4. The van der Waals surface area contributed by atoms with Crippen LogP contribution in [-0.4, -0.2) is 63.7 Å². The normalized spacial score (nSPS) is 25.3. The summed E-state index contributed by atoms with van der Waals surface area (Å²) in [5.74, 6) is 2.40. The van der Waals surface area contributed by atoms with E-state index >= 15 is 0 Å². The zero-order chi connectivity index (χ0) is 21.3. The van der Waals surface area contributed by atoms with E-state index in [0.717, 1.165) is 63.9 Å². The summed E-state index contributed by atoms with van der Waals surface area (Å²) in [6.45, 7) is 8.20. The smallest absolute Gasteiger partial charge is 0.410 e. The van der Waals surface area contributed by atoms with E-state index in [0.29, 0.717) is 30.8 Å². The Labute approximate surface area is 178 Å². The predicted octanol–water partition coefficient (Wildman–Crippen LogP) is 3.38. The maximum atomic E-state index is 13.2. The average molecular weight is 419 g/mol. The number of amides is 2. The fraction of sp³-hybridized carbons (Fsp3) is 0.818. The molecule has 1 aromatic heterocycles. The molecule has 30 heavy (non-hydrogen) atoms. The lowest BCUT2D eigenvalue weighted by molar-refractivity contribution is -0.139. The monoisotopic (exact) mass is 418 g/mol. The molecule has 2 aliphatic heterocycles. The molecule has 3 heterocycles. The van der Waals surface area contributed by atoms with E-state index in [9.17, 15) is 9.59 Å². The quantitative estimate of drug-likeness (QED) is 0.745. The van der Waals surface area contributed by atoms with E-state index in [2.05, 4.69) is 10.1 Å². The zero-order valence-corrected chi connectivity index (χ0v) is 18.4. The van der Waals surface area contributed by atoms with E-state index in [4.69, 9.17) is 9.26 Å².